The van der Waals surface area contributed by atoms with Gasteiger partial charge in [0, 0.05) is 18.0 Å². The molecule has 1 aromatic carbocycles. The highest BCUT2D eigenvalue weighted by Gasteiger charge is 2.36. The highest BCUT2D eigenvalue weighted by molar-refractivity contribution is 7.11. The second-order valence-corrected chi connectivity index (χ2v) is 5.49. The molecule has 0 saturated carbocycles. The van der Waals surface area contributed by atoms with Crippen LogP contribution in [0.4, 0.5) is 13.2 Å². The molecule has 1 heterocycles. The second kappa shape index (κ2) is 5.48. The van der Waals surface area contributed by atoms with Crippen molar-refractivity contribution in [1.82, 2.24) is 4.98 Å². The van der Waals surface area contributed by atoms with Gasteiger partial charge in [0.25, 0.3) is 0 Å². The summed E-state index contributed by atoms with van der Waals surface area (Å²) in [6, 6.07) is 6.96. The Morgan fingerprint density at radius 1 is 1.32 bits per heavy atom. The quantitative estimate of drug-likeness (QED) is 0.935. The average molecular weight is 307 g/mol. The standard InChI is InChI=1S/C12H10ClF3N2S/c13-8-3-1-2-7(4-8)5-10-18-11(12(14,15)16)9(6-17)19-10/h1-4H,5-6,17H2. The molecule has 2 rings (SSSR count). The SMILES string of the molecule is NCc1sc(Cc2cccc(Cl)c2)nc1C(F)(F)F. The monoisotopic (exact) mass is 306 g/mol. The number of rotatable bonds is 3. The van der Waals surface area contributed by atoms with E-state index in [1.807, 2.05) is 0 Å². The number of benzene rings is 1. The third-order valence-corrected chi connectivity index (χ3v) is 3.75. The molecular weight excluding hydrogens is 297 g/mol. The molecule has 0 aliphatic heterocycles. The minimum Gasteiger partial charge on any atom is -0.326 e. The molecular formula is C12H10ClF3N2S. The average Bonchev–Trinajstić information content (AvgIpc) is 2.72. The third kappa shape index (κ3) is 3.46. The summed E-state index contributed by atoms with van der Waals surface area (Å²) in [7, 11) is 0. The molecule has 0 bridgehead atoms. The van der Waals surface area contributed by atoms with Crippen molar-refractivity contribution in [2.75, 3.05) is 0 Å². The van der Waals surface area contributed by atoms with Gasteiger partial charge in [-0.3, -0.25) is 0 Å². The van der Waals surface area contributed by atoms with E-state index < -0.39 is 11.9 Å². The van der Waals surface area contributed by atoms with Crippen LogP contribution < -0.4 is 5.73 Å². The second-order valence-electron chi connectivity index (χ2n) is 3.89. The number of hydrogen-bond donors (Lipinski definition) is 1. The van der Waals surface area contributed by atoms with Crippen LogP contribution in [0.15, 0.2) is 24.3 Å². The van der Waals surface area contributed by atoms with Gasteiger partial charge in [-0.15, -0.1) is 11.3 Å². The van der Waals surface area contributed by atoms with E-state index in [9.17, 15) is 13.2 Å². The molecule has 102 valence electrons. The van der Waals surface area contributed by atoms with Crippen LogP contribution in [0.25, 0.3) is 0 Å². The first-order chi connectivity index (χ1) is 8.90. The third-order valence-electron chi connectivity index (χ3n) is 2.44. The Hall–Kier alpha value is -1.11. The zero-order valence-corrected chi connectivity index (χ0v) is 11.2. The van der Waals surface area contributed by atoms with Crippen LogP contribution in [0.1, 0.15) is 21.1 Å². The fourth-order valence-electron chi connectivity index (χ4n) is 1.66. The summed E-state index contributed by atoms with van der Waals surface area (Å²) in [6.45, 7) is -0.165. The molecule has 19 heavy (non-hydrogen) atoms. The molecule has 0 saturated heterocycles. The normalized spacial score (nSPS) is 11.8. The van der Waals surface area contributed by atoms with Crippen molar-refractivity contribution in [3.8, 4) is 0 Å². The first-order valence-electron chi connectivity index (χ1n) is 5.40. The van der Waals surface area contributed by atoms with Gasteiger partial charge in [-0.1, -0.05) is 23.7 Å². The number of nitrogens with two attached hydrogens (primary N) is 1. The van der Waals surface area contributed by atoms with E-state index in [-0.39, 0.29) is 11.4 Å². The predicted molar refractivity (Wildman–Crippen MR) is 69.3 cm³/mol. The van der Waals surface area contributed by atoms with Crippen molar-refractivity contribution in [3.05, 3.63) is 50.4 Å². The van der Waals surface area contributed by atoms with Gasteiger partial charge in [0.2, 0.25) is 0 Å². The van der Waals surface area contributed by atoms with Crippen LogP contribution >= 0.6 is 22.9 Å². The van der Waals surface area contributed by atoms with Crippen LogP contribution in [0.2, 0.25) is 5.02 Å². The number of thiazole rings is 1. The number of aromatic nitrogens is 1. The number of nitrogens with zero attached hydrogens (tertiary/aromatic N) is 1. The molecule has 0 aliphatic carbocycles. The van der Waals surface area contributed by atoms with Gasteiger partial charge in [0.05, 0.1) is 9.88 Å². The van der Waals surface area contributed by atoms with Gasteiger partial charge in [-0.25, -0.2) is 4.98 Å². The summed E-state index contributed by atoms with van der Waals surface area (Å²) in [5.41, 5.74) is 5.27. The lowest BCUT2D eigenvalue weighted by molar-refractivity contribution is -0.141. The molecule has 1 aromatic heterocycles. The van der Waals surface area contributed by atoms with Gasteiger partial charge in [-0.2, -0.15) is 13.2 Å². The number of hydrogen-bond acceptors (Lipinski definition) is 3. The summed E-state index contributed by atoms with van der Waals surface area (Å²) in [5.74, 6) is 0. The van der Waals surface area contributed by atoms with Crippen molar-refractivity contribution in [2.24, 2.45) is 5.73 Å². The molecule has 2 nitrogen and oxygen atoms in total. The van der Waals surface area contributed by atoms with E-state index in [0.29, 0.717) is 16.5 Å². The lowest BCUT2D eigenvalue weighted by atomic mass is 10.2. The van der Waals surface area contributed by atoms with E-state index >= 15 is 0 Å². The molecule has 0 amide bonds. The lowest BCUT2D eigenvalue weighted by Gasteiger charge is -2.03. The van der Waals surface area contributed by atoms with E-state index in [2.05, 4.69) is 4.98 Å². The summed E-state index contributed by atoms with van der Waals surface area (Å²) in [4.78, 5) is 3.71. The fourth-order valence-corrected chi connectivity index (χ4v) is 2.87. The van der Waals surface area contributed by atoms with E-state index in [1.54, 1.807) is 24.3 Å². The van der Waals surface area contributed by atoms with Crippen molar-refractivity contribution in [3.63, 3.8) is 0 Å². The highest BCUT2D eigenvalue weighted by Crippen LogP contribution is 2.34. The first kappa shape index (κ1) is 14.3. The predicted octanol–water partition coefficient (Wildman–Crippen LogP) is 3.86. The topological polar surface area (TPSA) is 38.9 Å². The Labute approximate surface area is 117 Å². The summed E-state index contributed by atoms with van der Waals surface area (Å²) < 4.78 is 38.2. The molecule has 7 heteroatoms. The molecule has 0 aliphatic rings. The maximum atomic E-state index is 12.7. The number of halogens is 4. The van der Waals surface area contributed by atoms with Crippen LogP contribution in [-0.4, -0.2) is 4.98 Å². The van der Waals surface area contributed by atoms with Crippen LogP contribution in [0.5, 0.6) is 0 Å². The summed E-state index contributed by atoms with van der Waals surface area (Å²) >= 11 is 6.82. The molecule has 2 aromatic rings. The molecule has 0 atom stereocenters. The first-order valence-corrected chi connectivity index (χ1v) is 6.60. The molecule has 0 unspecified atom stereocenters. The van der Waals surface area contributed by atoms with Gasteiger partial charge in [-0.05, 0) is 17.7 Å². The van der Waals surface area contributed by atoms with E-state index in [4.69, 9.17) is 17.3 Å². The Bertz CT molecular complexity index is 581. The summed E-state index contributed by atoms with van der Waals surface area (Å²) in [6.07, 6.45) is -4.15. The molecule has 0 radical (unpaired) electrons. The largest absolute Gasteiger partial charge is 0.434 e. The zero-order valence-electron chi connectivity index (χ0n) is 9.67. The number of alkyl halides is 3. The molecule has 0 spiro atoms. The maximum absolute atomic E-state index is 12.7. The van der Waals surface area contributed by atoms with Gasteiger partial charge >= 0.3 is 6.18 Å². The van der Waals surface area contributed by atoms with Crippen molar-refractivity contribution < 1.29 is 13.2 Å². The lowest BCUT2D eigenvalue weighted by Crippen LogP contribution is -2.10. The Morgan fingerprint density at radius 3 is 2.58 bits per heavy atom. The van der Waals surface area contributed by atoms with Crippen molar-refractivity contribution in [1.29, 1.82) is 0 Å². The van der Waals surface area contributed by atoms with Crippen molar-refractivity contribution in [2.45, 2.75) is 19.1 Å². The van der Waals surface area contributed by atoms with Gasteiger partial charge in [0.15, 0.2) is 5.69 Å². The van der Waals surface area contributed by atoms with Crippen molar-refractivity contribution >= 4 is 22.9 Å². The van der Waals surface area contributed by atoms with E-state index in [0.717, 1.165) is 16.9 Å². The minimum atomic E-state index is -4.46. The Kier molecular flexibility index (Phi) is 4.13. The maximum Gasteiger partial charge on any atom is 0.434 e. The van der Waals surface area contributed by atoms with Gasteiger partial charge < -0.3 is 5.73 Å². The molecule has 2 N–H and O–H groups in total. The fraction of sp³-hybridized carbons (Fsp3) is 0.250. The Morgan fingerprint density at radius 2 is 2.05 bits per heavy atom. The van der Waals surface area contributed by atoms with Crippen LogP contribution in [-0.2, 0) is 19.1 Å². The van der Waals surface area contributed by atoms with Gasteiger partial charge in [0.1, 0.15) is 0 Å². The molecule has 0 fully saturated rings. The van der Waals surface area contributed by atoms with E-state index in [1.165, 1.54) is 0 Å². The zero-order chi connectivity index (χ0) is 14.0. The summed E-state index contributed by atoms with van der Waals surface area (Å²) in [5, 5.41) is 0.930. The highest BCUT2D eigenvalue weighted by atomic mass is 35.5. The smallest absolute Gasteiger partial charge is 0.326 e. The minimum absolute atomic E-state index is 0.0597. The van der Waals surface area contributed by atoms with Crippen LogP contribution in [0, 0.1) is 0 Å². The van der Waals surface area contributed by atoms with Crippen LogP contribution in [0.3, 0.4) is 0 Å². The Balaban J connectivity index is 2.29.